The summed E-state index contributed by atoms with van der Waals surface area (Å²) in [6, 6.07) is 7.58. The number of nitrogens with zero attached hydrogens (tertiary/aromatic N) is 5. The smallest absolute Gasteiger partial charge is 0.231 e. The predicted molar refractivity (Wildman–Crippen MR) is 99.9 cm³/mol. The lowest BCUT2D eigenvalue weighted by Gasteiger charge is -2.27. The molecule has 0 aromatic carbocycles. The average molecular weight is 363 g/mol. The Balaban J connectivity index is 1.46. The van der Waals surface area contributed by atoms with E-state index in [-0.39, 0.29) is 0 Å². The van der Waals surface area contributed by atoms with Crippen LogP contribution in [0.15, 0.2) is 47.3 Å². The SMILES string of the molecule is c1cc(-c2cc(Nc3nc(N4CCOCC4)c4occc4n3)n[nH]2)ccn1. The second kappa shape index (κ2) is 6.69. The van der Waals surface area contributed by atoms with E-state index in [1.807, 2.05) is 24.3 Å². The highest BCUT2D eigenvalue weighted by molar-refractivity contribution is 5.85. The molecular formula is C18H17N7O2. The van der Waals surface area contributed by atoms with Crippen molar-refractivity contribution in [3.63, 3.8) is 0 Å². The van der Waals surface area contributed by atoms with Gasteiger partial charge in [0.2, 0.25) is 5.95 Å². The molecule has 136 valence electrons. The molecule has 0 spiro atoms. The third-order valence-corrected chi connectivity index (χ3v) is 4.41. The molecule has 0 unspecified atom stereocenters. The molecule has 1 aliphatic heterocycles. The summed E-state index contributed by atoms with van der Waals surface area (Å²) in [6.07, 6.45) is 5.12. The number of ether oxygens (including phenoxy) is 1. The van der Waals surface area contributed by atoms with Gasteiger partial charge in [0.25, 0.3) is 0 Å². The minimum Gasteiger partial charge on any atom is -0.459 e. The third-order valence-electron chi connectivity index (χ3n) is 4.41. The molecule has 0 atom stereocenters. The zero-order valence-corrected chi connectivity index (χ0v) is 14.4. The van der Waals surface area contributed by atoms with E-state index in [0.717, 1.165) is 35.7 Å². The van der Waals surface area contributed by atoms with Gasteiger partial charge in [-0.1, -0.05) is 0 Å². The van der Waals surface area contributed by atoms with E-state index in [1.165, 1.54) is 0 Å². The molecule has 0 radical (unpaired) electrons. The first-order valence-corrected chi connectivity index (χ1v) is 8.67. The molecule has 0 saturated carbocycles. The molecule has 0 aliphatic carbocycles. The van der Waals surface area contributed by atoms with Gasteiger partial charge in [0.15, 0.2) is 17.2 Å². The summed E-state index contributed by atoms with van der Waals surface area (Å²) in [4.78, 5) is 15.4. The van der Waals surface area contributed by atoms with E-state index >= 15 is 0 Å². The third kappa shape index (κ3) is 3.08. The molecule has 0 amide bonds. The normalized spacial score (nSPS) is 14.6. The van der Waals surface area contributed by atoms with Gasteiger partial charge in [-0.2, -0.15) is 10.1 Å². The number of aromatic nitrogens is 5. The number of fused-ring (bicyclic) bond motifs is 1. The molecule has 4 aromatic rings. The predicted octanol–water partition coefficient (Wildman–Crippen LogP) is 2.59. The largest absolute Gasteiger partial charge is 0.459 e. The lowest BCUT2D eigenvalue weighted by molar-refractivity contribution is 0.122. The molecule has 27 heavy (non-hydrogen) atoms. The molecule has 5 rings (SSSR count). The Morgan fingerprint density at radius 3 is 2.78 bits per heavy atom. The first-order valence-electron chi connectivity index (χ1n) is 8.67. The topological polar surface area (TPSA) is 105 Å². The van der Waals surface area contributed by atoms with Gasteiger partial charge in [0.05, 0.1) is 25.2 Å². The highest BCUT2D eigenvalue weighted by atomic mass is 16.5. The minimum atomic E-state index is 0.471. The first-order chi connectivity index (χ1) is 13.4. The Morgan fingerprint density at radius 2 is 1.93 bits per heavy atom. The van der Waals surface area contributed by atoms with E-state index in [9.17, 15) is 0 Å². The number of furan rings is 1. The summed E-state index contributed by atoms with van der Waals surface area (Å²) in [5.74, 6) is 1.87. The van der Waals surface area contributed by atoms with Crippen molar-refractivity contribution >= 4 is 28.7 Å². The molecule has 2 N–H and O–H groups in total. The maximum atomic E-state index is 5.61. The number of aromatic amines is 1. The van der Waals surface area contributed by atoms with Crippen LogP contribution in [0.3, 0.4) is 0 Å². The van der Waals surface area contributed by atoms with Crippen LogP contribution in [0, 0.1) is 0 Å². The van der Waals surface area contributed by atoms with Crippen LogP contribution in [-0.4, -0.2) is 51.5 Å². The van der Waals surface area contributed by atoms with E-state index in [4.69, 9.17) is 9.15 Å². The van der Waals surface area contributed by atoms with Crippen molar-refractivity contribution in [2.45, 2.75) is 0 Å². The Morgan fingerprint density at radius 1 is 1.07 bits per heavy atom. The molecule has 1 saturated heterocycles. The van der Waals surface area contributed by atoms with Gasteiger partial charge in [0, 0.05) is 43.2 Å². The molecular weight excluding hydrogens is 346 g/mol. The quantitative estimate of drug-likeness (QED) is 0.570. The van der Waals surface area contributed by atoms with Gasteiger partial charge < -0.3 is 19.4 Å². The summed E-state index contributed by atoms with van der Waals surface area (Å²) in [5, 5.41) is 10.5. The van der Waals surface area contributed by atoms with Crippen LogP contribution in [0.5, 0.6) is 0 Å². The number of pyridine rings is 1. The molecule has 1 fully saturated rings. The molecule has 1 aliphatic rings. The highest BCUT2D eigenvalue weighted by Gasteiger charge is 2.19. The number of hydrogen-bond acceptors (Lipinski definition) is 8. The molecule has 4 aromatic heterocycles. The second-order valence-electron chi connectivity index (χ2n) is 6.13. The van der Waals surface area contributed by atoms with Crippen LogP contribution in [0.2, 0.25) is 0 Å². The summed E-state index contributed by atoms with van der Waals surface area (Å²) in [5.41, 5.74) is 3.32. The second-order valence-corrected chi connectivity index (χ2v) is 6.13. The zero-order valence-electron chi connectivity index (χ0n) is 14.4. The van der Waals surface area contributed by atoms with E-state index < -0.39 is 0 Å². The Bertz CT molecular complexity index is 1050. The van der Waals surface area contributed by atoms with Crippen molar-refractivity contribution in [3.8, 4) is 11.3 Å². The fourth-order valence-electron chi connectivity index (χ4n) is 3.07. The maximum absolute atomic E-state index is 5.61. The van der Waals surface area contributed by atoms with Gasteiger partial charge in [0.1, 0.15) is 5.52 Å². The monoisotopic (exact) mass is 363 g/mol. The number of anilines is 3. The van der Waals surface area contributed by atoms with Crippen LogP contribution < -0.4 is 10.2 Å². The van der Waals surface area contributed by atoms with Crippen LogP contribution in [0.4, 0.5) is 17.6 Å². The molecule has 9 nitrogen and oxygen atoms in total. The average Bonchev–Trinajstić information content (AvgIpc) is 3.38. The van der Waals surface area contributed by atoms with Gasteiger partial charge in [-0.15, -0.1) is 0 Å². The lowest BCUT2D eigenvalue weighted by atomic mass is 10.2. The number of nitrogens with one attached hydrogen (secondary N) is 2. The Hall–Kier alpha value is -3.46. The summed E-state index contributed by atoms with van der Waals surface area (Å²) < 4.78 is 11.0. The summed E-state index contributed by atoms with van der Waals surface area (Å²) >= 11 is 0. The van der Waals surface area contributed by atoms with Crippen LogP contribution >= 0.6 is 0 Å². The fourth-order valence-corrected chi connectivity index (χ4v) is 3.07. The van der Waals surface area contributed by atoms with Crippen molar-refractivity contribution < 1.29 is 9.15 Å². The molecule has 5 heterocycles. The van der Waals surface area contributed by atoms with Gasteiger partial charge in [-0.05, 0) is 12.1 Å². The highest BCUT2D eigenvalue weighted by Crippen LogP contribution is 2.28. The number of morpholine rings is 1. The number of H-pyrrole nitrogens is 1. The first kappa shape index (κ1) is 15.8. The van der Waals surface area contributed by atoms with E-state index in [2.05, 4.69) is 35.4 Å². The standard InChI is InChI=1S/C18H17N7O2/c1-4-19-5-2-12(1)14-11-15(24-23-14)21-18-20-13-3-8-27-16(13)17(22-18)25-6-9-26-10-7-25/h1-5,8,11H,6-7,9-10H2,(H2,20,21,22,23,24). The zero-order chi connectivity index (χ0) is 18.1. The molecule has 9 heteroatoms. The van der Waals surface area contributed by atoms with Gasteiger partial charge in [-0.25, -0.2) is 4.98 Å². The number of rotatable bonds is 4. The van der Waals surface area contributed by atoms with Crippen molar-refractivity contribution in [1.82, 2.24) is 25.1 Å². The van der Waals surface area contributed by atoms with Crippen molar-refractivity contribution in [3.05, 3.63) is 42.9 Å². The fraction of sp³-hybridized carbons (Fsp3) is 0.222. The van der Waals surface area contributed by atoms with Crippen LogP contribution in [-0.2, 0) is 4.74 Å². The van der Waals surface area contributed by atoms with Gasteiger partial charge in [-0.3, -0.25) is 10.1 Å². The summed E-state index contributed by atoms with van der Waals surface area (Å²) in [6.45, 7) is 2.87. The van der Waals surface area contributed by atoms with E-state index in [0.29, 0.717) is 30.6 Å². The Labute approximate surface area is 154 Å². The maximum Gasteiger partial charge on any atom is 0.231 e. The van der Waals surface area contributed by atoms with Crippen LogP contribution in [0.1, 0.15) is 0 Å². The lowest BCUT2D eigenvalue weighted by Crippen LogP contribution is -2.37. The Kier molecular flexibility index (Phi) is 3.91. The minimum absolute atomic E-state index is 0.471. The summed E-state index contributed by atoms with van der Waals surface area (Å²) in [7, 11) is 0. The molecule has 0 bridgehead atoms. The van der Waals surface area contributed by atoms with Crippen molar-refractivity contribution in [1.29, 1.82) is 0 Å². The number of hydrogen-bond donors (Lipinski definition) is 2. The van der Waals surface area contributed by atoms with E-state index in [1.54, 1.807) is 18.7 Å². The van der Waals surface area contributed by atoms with Crippen LogP contribution in [0.25, 0.3) is 22.4 Å². The van der Waals surface area contributed by atoms with Crippen molar-refractivity contribution in [2.75, 3.05) is 36.5 Å². The van der Waals surface area contributed by atoms with Crippen molar-refractivity contribution in [2.24, 2.45) is 0 Å². The van der Waals surface area contributed by atoms with Gasteiger partial charge >= 0.3 is 0 Å².